The van der Waals surface area contributed by atoms with Gasteiger partial charge >= 0.3 is 18.1 Å². The third-order valence-electron chi connectivity index (χ3n) is 28.5. The van der Waals surface area contributed by atoms with Crippen LogP contribution in [0.3, 0.4) is 0 Å². The first kappa shape index (κ1) is 143. The maximum absolute atomic E-state index is 14.1. The zero-order valence-electron chi connectivity index (χ0n) is 99.0. The number of unbranched alkanes of at least 4 members (excludes halogenated alkanes) is 54. The predicted octanol–water partition coefficient (Wildman–Crippen LogP) is 34.8. The molecule has 0 aliphatic carbocycles. The minimum Gasteiger partial charge on any atom is -0.341 e. The Morgan fingerprint density at radius 2 is 0.320 bits per heavy atom. The maximum Gasteiger partial charge on any atom is 0.315 e. The molecule has 0 spiro atoms. The summed E-state index contributed by atoms with van der Waals surface area (Å²) < 4.78 is 0. The number of nitrogens with two attached hydrogens (primary N) is 1. The molecule has 9 amide bonds. The van der Waals surface area contributed by atoms with E-state index in [1.807, 2.05) is 14.7 Å². The zero-order valence-corrected chi connectivity index (χ0v) is 99.0. The van der Waals surface area contributed by atoms with Gasteiger partial charge in [0.25, 0.3) is 0 Å². The van der Waals surface area contributed by atoms with Gasteiger partial charge in [0.15, 0.2) is 0 Å². The van der Waals surface area contributed by atoms with Gasteiger partial charge in [0, 0.05) is 58.9 Å². The summed E-state index contributed by atoms with van der Waals surface area (Å²) in [7, 11) is 0. The molecular formula is C132H242N12O6. The van der Waals surface area contributed by atoms with E-state index in [1.165, 1.54) is 283 Å². The van der Waals surface area contributed by atoms with E-state index < -0.39 is 0 Å². The lowest BCUT2D eigenvalue weighted by atomic mass is 10.1. The molecule has 8 N–H and O–H groups in total. The second-order valence-electron chi connectivity index (χ2n) is 42.7. The van der Waals surface area contributed by atoms with Crippen LogP contribution in [0.1, 0.15) is 536 Å². The van der Waals surface area contributed by atoms with Gasteiger partial charge in [-0.1, -0.05) is 419 Å². The van der Waals surface area contributed by atoms with Gasteiger partial charge in [-0.2, -0.15) is 0 Å². The summed E-state index contributed by atoms with van der Waals surface area (Å²) in [6.07, 6.45) is 144. The lowest BCUT2D eigenvalue weighted by Crippen LogP contribution is -2.45. The number of hydrogen-bond donors (Lipinski definition) is 7. The Hall–Kier alpha value is -7.02. The molecule has 0 aromatic carbocycles. The van der Waals surface area contributed by atoms with Crippen molar-refractivity contribution in [2.75, 3.05) is 124 Å². The highest BCUT2D eigenvalue weighted by Crippen LogP contribution is 2.20. The first-order valence-corrected chi connectivity index (χ1v) is 63.8. The Morgan fingerprint density at radius 1 is 0.167 bits per heavy atom. The van der Waals surface area contributed by atoms with E-state index in [1.54, 1.807) is 0 Å². The van der Waals surface area contributed by atoms with E-state index in [0.29, 0.717) is 78.3 Å². The molecule has 866 valence electrons. The van der Waals surface area contributed by atoms with Crippen molar-refractivity contribution in [1.82, 2.24) is 56.4 Å². The summed E-state index contributed by atoms with van der Waals surface area (Å²) >= 11 is 0. The second-order valence-corrected chi connectivity index (χ2v) is 42.7. The molecule has 0 heterocycles. The van der Waals surface area contributed by atoms with E-state index in [2.05, 4.69) is 229 Å². The number of nitrogens with one attached hydrogen (secondary N) is 6. The lowest BCUT2D eigenvalue weighted by molar-refractivity contribution is -0.131. The van der Waals surface area contributed by atoms with Gasteiger partial charge in [-0.3, -0.25) is 14.4 Å². The van der Waals surface area contributed by atoms with Gasteiger partial charge in [0.05, 0.1) is 19.6 Å². The van der Waals surface area contributed by atoms with Gasteiger partial charge < -0.3 is 62.1 Å². The number of nitrogens with zero attached hydrogens (tertiary/aromatic N) is 5. The quantitative estimate of drug-likeness (QED) is 0.0227. The normalized spacial score (nSPS) is 12.2. The van der Waals surface area contributed by atoms with E-state index in [0.717, 1.165) is 238 Å². The summed E-state index contributed by atoms with van der Waals surface area (Å²) in [5.41, 5.74) is 6.16. The average Bonchev–Trinajstić information content (AvgIpc) is 0.937. The Balaban J connectivity index is 6.33. The molecular weight excluding hydrogens is 1850 g/mol. The molecule has 0 fully saturated rings. The van der Waals surface area contributed by atoms with Crippen LogP contribution in [0.25, 0.3) is 0 Å². The molecule has 0 aromatic rings. The molecule has 0 saturated carbocycles. The smallest absolute Gasteiger partial charge is 0.315 e. The van der Waals surface area contributed by atoms with E-state index >= 15 is 0 Å². The fraction of sp³-hybridized carbons (Fsp3) is 0.773. The molecule has 0 aliphatic rings. The number of amides is 9. The van der Waals surface area contributed by atoms with Crippen LogP contribution in [0.2, 0.25) is 0 Å². The van der Waals surface area contributed by atoms with Gasteiger partial charge in [0.2, 0.25) is 17.7 Å². The predicted molar refractivity (Wildman–Crippen MR) is 655 cm³/mol. The Labute approximate surface area is 927 Å². The summed E-state index contributed by atoms with van der Waals surface area (Å²) in [6.45, 7) is 24.3. The number of carbonyl (C=O) groups is 6. The second kappa shape index (κ2) is 122. The third kappa shape index (κ3) is 109. The van der Waals surface area contributed by atoms with Crippen molar-refractivity contribution in [1.29, 1.82) is 0 Å². The van der Waals surface area contributed by atoms with Crippen molar-refractivity contribution in [3.63, 3.8) is 0 Å². The van der Waals surface area contributed by atoms with E-state index in [9.17, 15) is 28.8 Å². The summed E-state index contributed by atoms with van der Waals surface area (Å²) in [4.78, 5) is 93.6. The number of hydrogen-bond acceptors (Lipinski definition) is 9. The van der Waals surface area contributed by atoms with Crippen LogP contribution in [0.4, 0.5) is 14.4 Å². The van der Waals surface area contributed by atoms with Crippen LogP contribution in [0.15, 0.2) is 146 Å². The van der Waals surface area contributed by atoms with Crippen LogP contribution in [-0.2, 0) is 14.4 Å². The zero-order chi connectivity index (χ0) is 108. The Kier molecular flexibility index (Phi) is 116. The molecule has 0 bridgehead atoms. The molecule has 18 nitrogen and oxygen atoms in total. The van der Waals surface area contributed by atoms with Crippen LogP contribution in [0, 0.1) is 0 Å². The number of urea groups is 3. The fourth-order valence-corrected chi connectivity index (χ4v) is 18.8. The molecule has 0 radical (unpaired) electrons. The SMILES string of the molecule is CCCCC/C=C\C/C=C\CCCCCCCCN(CCCCCCCC/C=C\C/C=C\CCCCC)C(=O)CNC(=O)NCCCN(CCCN)CCCN(CCCNC(=O)NCC(=O)N(CCCCCCCC/C=C\C/C=C\CCCCC)CCCCCCCC/C=C\C/C=C\CCCCC)CCCNC(=O)NCC(=O)N(CCCCCCCC/C=C\C/C=C\CCCCC)CCCCCCCC/C=C\C/C=C\CCCCC. The Bertz CT molecular complexity index is 3040. The molecule has 18 heteroatoms. The topological polar surface area (TPSA) is 217 Å². The molecule has 0 unspecified atom stereocenters. The van der Waals surface area contributed by atoms with Crippen LogP contribution >= 0.6 is 0 Å². The first-order valence-electron chi connectivity index (χ1n) is 63.8. The lowest BCUT2D eigenvalue weighted by Gasteiger charge is -2.26. The highest BCUT2D eigenvalue weighted by Gasteiger charge is 2.20. The number of carbonyl (C=O) groups excluding carboxylic acids is 6. The van der Waals surface area contributed by atoms with Crippen molar-refractivity contribution >= 4 is 35.8 Å². The van der Waals surface area contributed by atoms with Crippen molar-refractivity contribution in [3.8, 4) is 0 Å². The average molecular weight is 2090 g/mol. The molecule has 0 aliphatic heterocycles. The molecule has 0 saturated heterocycles. The third-order valence-corrected chi connectivity index (χ3v) is 28.5. The minimum atomic E-state index is -0.340. The van der Waals surface area contributed by atoms with Crippen LogP contribution < -0.4 is 37.6 Å². The van der Waals surface area contributed by atoms with Gasteiger partial charge in [-0.15, -0.1) is 0 Å². The minimum absolute atomic E-state index is 0.0138. The van der Waals surface area contributed by atoms with Crippen molar-refractivity contribution in [2.24, 2.45) is 5.73 Å². The summed E-state index contributed by atoms with van der Waals surface area (Å²) in [6, 6.07) is -1.00. The Morgan fingerprint density at radius 3 is 0.493 bits per heavy atom. The highest BCUT2D eigenvalue weighted by atomic mass is 16.2. The van der Waals surface area contributed by atoms with E-state index in [-0.39, 0.29) is 55.4 Å². The first-order chi connectivity index (χ1) is 74.0. The van der Waals surface area contributed by atoms with Crippen LogP contribution in [0.5, 0.6) is 0 Å². The summed E-state index contributed by atoms with van der Waals surface area (Å²) in [5.74, 6) is -0.0638. The van der Waals surface area contributed by atoms with Crippen molar-refractivity contribution in [3.05, 3.63) is 146 Å². The number of allylic oxidation sites excluding steroid dienone is 24. The molecule has 0 aromatic heterocycles. The maximum atomic E-state index is 14.1. The van der Waals surface area contributed by atoms with Gasteiger partial charge in [-0.25, -0.2) is 14.4 Å². The summed E-state index contributed by atoms with van der Waals surface area (Å²) in [5, 5.41) is 18.0. The largest absolute Gasteiger partial charge is 0.341 e. The molecule has 150 heavy (non-hydrogen) atoms. The molecule has 0 atom stereocenters. The van der Waals surface area contributed by atoms with Gasteiger partial charge in [0.1, 0.15) is 0 Å². The van der Waals surface area contributed by atoms with Crippen LogP contribution in [-0.4, -0.2) is 185 Å². The molecule has 0 rings (SSSR count). The number of rotatable bonds is 115. The van der Waals surface area contributed by atoms with Gasteiger partial charge in [-0.05, 0) is 309 Å². The van der Waals surface area contributed by atoms with Crippen molar-refractivity contribution in [2.45, 2.75) is 536 Å². The monoisotopic (exact) mass is 2090 g/mol. The highest BCUT2D eigenvalue weighted by molar-refractivity contribution is 5.85. The standard InChI is InChI=1S/C132H242N12O6/c1-7-13-19-25-31-37-43-49-55-61-67-73-79-85-91-97-118-142(119-98-92-86-80-74-68-62-56-50-44-38-32-26-20-14-8-2)127(145)124-137-130(148)134-109-104-113-140(112-103-108-133)116-107-117-141(114-105-110-135-131(149)138-125-128(146)143(120-99-93-87-81-75-69-63-57-51-45-39-33-27-21-15-9-3)121-100-94-88-82-76-70-64-58-52-46-40-34-28-22-16-10-4)115-106-111-136-132(150)139-126-129(147)144(122-101-95-89-83-77-71-65-59-53-47-41-35-29-23-17-11-5)123-102-96-90-84-78-72-66-60-54-48-42-36-30-24-18-12-6/h31-42,49-60H,7-30,43-48,61-126,133H2,1-6H3,(H2,134,137,148)(H2,135,138,149)(H2,136,139,150)/b37-31-,38-32-,39-33-,40-34-,41-35-,42-36-,55-49-,56-50-,57-51-,58-52-,59-53-,60-54-. The fourth-order valence-electron chi connectivity index (χ4n) is 18.8. The van der Waals surface area contributed by atoms with E-state index in [4.69, 9.17) is 5.73 Å². The van der Waals surface area contributed by atoms with Crippen molar-refractivity contribution < 1.29 is 28.8 Å².